The fourth-order valence-corrected chi connectivity index (χ4v) is 5.04. The third kappa shape index (κ3) is 4.57. The fourth-order valence-electron chi connectivity index (χ4n) is 3.90. The quantitative estimate of drug-likeness (QED) is 0.495. The molecule has 1 saturated heterocycles. The van der Waals surface area contributed by atoms with Crippen LogP contribution in [0.25, 0.3) is 20.7 Å². The summed E-state index contributed by atoms with van der Waals surface area (Å²) >= 11 is 1.56. The molecule has 152 valence electrons. The highest BCUT2D eigenvalue weighted by atomic mass is 32.1. The van der Waals surface area contributed by atoms with Crippen LogP contribution in [0.4, 0.5) is 5.95 Å². The molecule has 3 aromatic rings. The minimum absolute atomic E-state index is 0.326. The fraction of sp³-hybridized carbons (Fsp3) is 0.409. The first-order valence-electron chi connectivity index (χ1n) is 10.2. The number of thiophene rings is 1. The average Bonchev–Trinajstić information content (AvgIpc) is 3.17. The van der Waals surface area contributed by atoms with E-state index in [1.54, 1.807) is 23.5 Å². The van der Waals surface area contributed by atoms with Gasteiger partial charge in [0.05, 0.1) is 16.1 Å². The van der Waals surface area contributed by atoms with Crippen LogP contribution in [-0.4, -0.2) is 40.7 Å². The normalized spacial score (nSPS) is 16.8. The molecule has 0 bridgehead atoms. The lowest BCUT2D eigenvalue weighted by Gasteiger charge is -2.22. The minimum atomic E-state index is -0.908. The van der Waals surface area contributed by atoms with E-state index >= 15 is 0 Å². The third-order valence-corrected chi connectivity index (χ3v) is 6.58. The van der Waals surface area contributed by atoms with E-state index in [1.165, 1.54) is 19.3 Å². The maximum atomic E-state index is 11.5. The van der Waals surface area contributed by atoms with Gasteiger partial charge in [-0.3, -0.25) is 0 Å². The molecule has 6 nitrogen and oxygen atoms in total. The number of carboxylic acid groups (broad SMARTS) is 1. The highest BCUT2D eigenvalue weighted by Crippen LogP contribution is 2.35. The second kappa shape index (κ2) is 8.88. The third-order valence-electron chi connectivity index (χ3n) is 5.47. The Balaban J connectivity index is 1.47. The van der Waals surface area contributed by atoms with Crippen molar-refractivity contribution in [1.29, 1.82) is 0 Å². The van der Waals surface area contributed by atoms with Gasteiger partial charge in [-0.25, -0.2) is 14.8 Å². The number of benzene rings is 1. The zero-order chi connectivity index (χ0) is 20.2. The molecule has 7 heteroatoms. The molecule has 0 spiro atoms. The molecule has 0 radical (unpaired) electrons. The molecular weight excluding hydrogens is 384 g/mol. The molecule has 1 unspecified atom stereocenters. The van der Waals surface area contributed by atoms with E-state index in [9.17, 15) is 9.90 Å². The number of anilines is 1. The zero-order valence-corrected chi connectivity index (χ0v) is 17.4. The van der Waals surface area contributed by atoms with Crippen molar-refractivity contribution in [3.63, 3.8) is 0 Å². The van der Waals surface area contributed by atoms with Crippen LogP contribution in [0.1, 0.15) is 41.6 Å². The maximum Gasteiger partial charge on any atom is 0.336 e. The SMILES string of the molecule is Cc1cnc(NCCCC2CCCNC2)nc1-c1cc2c(C(=O)O)cccc2s1. The summed E-state index contributed by atoms with van der Waals surface area (Å²) in [5.41, 5.74) is 2.16. The number of piperidine rings is 1. The summed E-state index contributed by atoms with van der Waals surface area (Å²) in [5.74, 6) is 0.500. The Kier molecular flexibility index (Phi) is 6.06. The van der Waals surface area contributed by atoms with Gasteiger partial charge < -0.3 is 15.7 Å². The summed E-state index contributed by atoms with van der Waals surface area (Å²) in [6, 6.07) is 7.31. The number of hydrogen-bond donors (Lipinski definition) is 3. The smallest absolute Gasteiger partial charge is 0.336 e. The van der Waals surface area contributed by atoms with Crippen LogP contribution in [0, 0.1) is 12.8 Å². The van der Waals surface area contributed by atoms with Gasteiger partial charge in [-0.2, -0.15) is 0 Å². The highest BCUT2D eigenvalue weighted by Gasteiger charge is 2.15. The topological polar surface area (TPSA) is 87.1 Å². The van der Waals surface area contributed by atoms with Crippen molar-refractivity contribution >= 4 is 33.3 Å². The van der Waals surface area contributed by atoms with Gasteiger partial charge >= 0.3 is 5.97 Å². The number of fused-ring (bicyclic) bond motifs is 1. The van der Waals surface area contributed by atoms with Crippen molar-refractivity contribution in [3.05, 3.63) is 41.6 Å². The van der Waals surface area contributed by atoms with Gasteiger partial charge in [0.25, 0.3) is 0 Å². The summed E-state index contributed by atoms with van der Waals surface area (Å²) in [5, 5.41) is 17.0. The molecule has 2 aromatic heterocycles. The van der Waals surface area contributed by atoms with Gasteiger partial charge in [-0.05, 0) is 75.4 Å². The Bertz CT molecular complexity index is 1010. The van der Waals surface area contributed by atoms with Gasteiger partial charge in [0.2, 0.25) is 5.95 Å². The van der Waals surface area contributed by atoms with Gasteiger partial charge in [0.15, 0.2) is 0 Å². The number of aromatic carboxylic acids is 1. The Labute approximate surface area is 174 Å². The molecule has 0 saturated carbocycles. The van der Waals surface area contributed by atoms with Crippen LogP contribution < -0.4 is 10.6 Å². The van der Waals surface area contributed by atoms with Crippen LogP contribution in [0.3, 0.4) is 0 Å². The molecule has 29 heavy (non-hydrogen) atoms. The average molecular weight is 411 g/mol. The van der Waals surface area contributed by atoms with Crippen molar-refractivity contribution in [2.45, 2.75) is 32.6 Å². The van der Waals surface area contributed by atoms with E-state index in [2.05, 4.69) is 15.6 Å². The first-order chi connectivity index (χ1) is 14.1. The Hall–Kier alpha value is -2.51. The van der Waals surface area contributed by atoms with E-state index in [1.807, 2.05) is 25.3 Å². The molecular formula is C22H26N4O2S. The first-order valence-corrected chi connectivity index (χ1v) is 11.0. The molecule has 1 aromatic carbocycles. The van der Waals surface area contributed by atoms with Crippen molar-refractivity contribution < 1.29 is 9.90 Å². The molecule has 0 aliphatic carbocycles. The van der Waals surface area contributed by atoms with Crippen molar-refractivity contribution in [2.75, 3.05) is 25.0 Å². The van der Waals surface area contributed by atoms with Crippen molar-refractivity contribution in [2.24, 2.45) is 5.92 Å². The lowest BCUT2D eigenvalue weighted by molar-refractivity contribution is 0.0699. The number of aromatic nitrogens is 2. The van der Waals surface area contributed by atoms with Crippen LogP contribution in [0.15, 0.2) is 30.5 Å². The standard InChI is InChI=1S/C22H26N4O2S/c1-14-12-25-22(24-10-4-6-15-5-3-9-23-13-15)26-20(14)19-11-17-16(21(27)28)7-2-8-18(17)29-19/h2,7-8,11-12,15,23H,3-6,9-10,13H2,1H3,(H,27,28)(H,24,25,26). The molecule has 3 heterocycles. The second-order valence-electron chi connectivity index (χ2n) is 7.64. The van der Waals surface area contributed by atoms with Gasteiger partial charge in [0, 0.05) is 22.8 Å². The Morgan fingerprint density at radius 1 is 1.41 bits per heavy atom. The molecule has 1 aliphatic heterocycles. The first kappa shape index (κ1) is 19.8. The minimum Gasteiger partial charge on any atom is -0.478 e. The second-order valence-corrected chi connectivity index (χ2v) is 8.72. The van der Waals surface area contributed by atoms with Gasteiger partial charge in [0.1, 0.15) is 0 Å². The molecule has 1 aliphatic rings. The number of nitrogens with zero attached hydrogens (tertiary/aromatic N) is 2. The van der Waals surface area contributed by atoms with Gasteiger partial charge in [-0.1, -0.05) is 6.07 Å². The van der Waals surface area contributed by atoms with Crippen LogP contribution in [-0.2, 0) is 0 Å². The van der Waals surface area contributed by atoms with Crippen LogP contribution in [0.2, 0.25) is 0 Å². The largest absolute Gasteiger partial charge is 0.478 e. The number of nitrogens with one attached hydrogen (secondary N) is 2. The number of rotatable bonds is 7. The molecule has 4 rings (SSSR count). The van der Waals surface area contributed by atoms with E-state index in [0.29, 0.717) is 11.5 Å². The number of aryl methyl sites for hydroxylation is 1. The number of hydrogen-bond acceptors (Lipinski definition) is 6. The predicted octanol–water partition coefficient (Wildman–Crippen LogP) is 4.56. The molecule has 0 amide bonds. The maximum absolute atomic E-state index is 11.5. The number of carbonyl (C=O) groups is 1. The molecule has 1 atom stereocenters. The van der Waals surface area contributed by atoms with E-state index in [4.69, 9.17) is 4.98 Å². The van der Waals surface area contributed by atoms with Crippen molar-refractivity contribution in [3.8, 4) is 10.6 Å². The Morgan fingerprint density at radius 3 is 3.10 bits per heavy atom. The van der Waals surface area contributed by atoms with Crippen LogP contribution in [0.5, 0.6) is 0 Å². The highest BCUT2D eigenvalue weighted by molar-refractivity contribution is 7.22. The molecule has 3 N–H and O–H groups in total. The van der Waals surface area contributed by atoms with Gasteiger partial charge in [-0.15, -0.1) is 11.3 Å². The van der Waals surface area contributed by atoms with Crippen LogP contribution >= 0.6 is 11.3 Å². The summed E-state index contributed by atoms with van der Waals surface area (Å²) in [6.07, 6.45) is 6.75. The summed E-state index contributed by atoms with van der Waals surface area (Å²) < 4.78 is 0.952. The van der Waals surface area contributed by atoms with E-state index in [0.717, 1.165) is 58.2 Å². The predicted molar refractivity (Wildman–Crippen MR) is 118 cm³/mol. The summed E-state index contributed by atoms with van der Waals surface area (Å²) in [6.45, 7) is 5.13. The van der Waals surface area contributed by atoms with Crippen molar-refractivity contribution in [1.82, 2.24) is 15.3 Å². The summed E-state index contributed by atoms with van der Waals surface area (Å²) in [7, 11) is 0. The summed E-state index contributed by atoms with van der Waals surface area (Å²) in [4.78, 5) is 21.6. The number of carboxylic acids is 1. The zero-order valence-electron chi connectivity index (χ0n) is 16.6. The van der Waals surface area contributed by atoms with E-state index < -0.39 is 5.97 Å². The lowest BCUT2D eigenvalue weighted by atomic mass is 9.95. The lowest BCUT2D eigenvalue weighted by Crippen LogP contribution is -2.29. The Morgan fingerprint density at radius 2 is 2.31 bits per heavy atom. The van der Waals surface area contributed by atoms with E-state index in [-0.39, 0.29) is 0 Å². The monoisotopic (exact) mass is 410 g/mol. The molecule has 1 fully saturated rings.